The summed E-state index contributed by atoms with van der Waals surface area (Å²) >= 11 is 0. The predicted molar refractivity (Wildman–Crippen MR) is 205 cm³/mol. The van der Waals surface area contributed by atoms with E-state index in [0.717, 1.165) is 6.29 Å². The number of hydrogen-bond donors (Lipinski definition) is 3. The van der Waals surface area contributed by atoms with E-state index in [1.807, 2.05) is 13.0 Å². The molecule has 0 aromatic rings. The highest BCUT2D eigenvalue weighted by Crippen LogP contribution is 2.37. The number of likely N-dealkylation sites (N-methyl/N-ethyl adjacent to an activating group) is 1. The van der Waals surface area contributed by atoms with Gasteiger partial charge in [0.25, 0.3) is 0 Å². The van der Waals surface area contributed by atoms with E-state index < -0.39 is 103 Å². The van der Waals surface area contributed by atoms with Gasteiger partial charge in [0.15, 0.2) is 12.6 Å². The number of carbonyl (C=O) groups is 3. The summed E-state index contributed by atoms with van der Waals surface area (Å²) in [5.41, 5.74) is -1.30. The van der Waals surface area contributed by atoms with Crippen LogP contribution in [0.2, 0.25) is 0 Å². The number of hydrogen-bond acceptors (Lipinski definition) is 15. The number of cyclic esters (lactones) is 1. The molecule has 0 radical (unpaired) electrons. The molecule has 1 unspecified atom stereocenters. The number of methoxy groups -OCH3 is 1. The van der Waals surface area contributed by atoms with Crippen molar-refractivity contribution in [3.05, 3.63) is 37.0 Å². The highest BCUT2D eigenvalue weighted by atomic mass is 16.7. The number of carbonyl (C=O) groups excluding carboxylic acids is 3. The van der Waals surface area contributed by atoms with Crippen molar-refractivity contribution in [2.45, 2.75) is 165 Å². The summed E-state index contributed by atoms with van der Waals surface area (Å²) in [5.74, 6) is -2.29. The molecule has 2 saturated heterocycles. The van der Waals surface area contributed by atoms with Crippen LogP contribution in [0.1, 0.15) is 80.1 Å². The van der Waals surface area contributed by atoms with Crippen LogP contribution in [0.15, 0.2) is 37.0 Å². The standard InChI is InChI=1S/C41H67NO14/c1-11-20-50-39-27(6)52-33(23-41(39,7)48)55-36-26(5)53-40(35(47)34(36)42(8)9)56-37-28(18-19-43)21-24(3)29(44)17-15-13-14-16-25(4)51-32(46)22-30(38(37)49-10)54-31(45)12-2/h11,13-15,17,19,24-30,33-40,44,47-48H,1,12,16,18,20-23H2,2-10H3/b14-13+,17-15+/t24-,25-,26-,27+,28+,29+,30-,33+,34-,35-,36-,37+,38?,39+,40+,41-/m1/s1. The third kappa shape index (κ3) is 13.2. The van der Waals surface area contributed by atoms with Crippen LogP contribution in [0.3, 0.4) is 0 Å². The van der Waals surface area contributed by atoms with Crippen molar-refractivity contribution in [1.29, 1.82) is 0 Å². The SMILES string of the molecule is C=CCO[C@H]1[C@H](C)O[C@@H](O[C@H]2[C@H](N(C)C)[C@@H](O)[C@H](O[C@@H]3C(OC)[C@H](OC(=O)CC)CC(=O)O[C@H](C)C/C=C/C=C/[C@H](O)[C@H](C)C[C@@H]3CC=O)O[C@@H]2C)C[C@@]1(C)O. The largest absolute Gasteiger partial charge is 0.462 e. The van der Waals surface area contributed by atoms with E-state index in [1.165, 1.54) is 7.11 Å². The fraction of sp³-hybridized carbons (Fsp3) is 0.780. The van der Waals surface area contributed by atoms with Gasteiger partial charge in [0, 0.05) is 32.8 Å². The number of aldehydes is 1. The molecule has 16 atom stereocenters. The summed E-state index contributed by atoms with van der Waals surface area (Å²) < 4.78 is 49.0. The van der Waals surface area contributed by atoms with Gasteiger partial charge in [-0.3, -0.25) is 9.59 Å². The molecule has 15 heteroatoms. The van der Waals surface area contributed by atoms with Crippen molar-refractivity contribution in [2.75, 3.05) is 27.8 Å². The summed E-state index contributed by atoms with van der Waals surface area (Å²) in [6.07, 6.45) is -1.53. The van der Waals surface area contributed by atoms with Gasteiger partial charge in [-0.15, -0.1) is 6.58 Å². The van der Waals surface area contributed by atoms with Crippen molar-refractivity contribution in [3.63, 3.8) is 0 Å². The van der Waals surface area contributed by atoms with Crippen molar-refractivity contribution in [3.8, 4) is 0 Å². The minimum absolute atomic E-state index is 0.0112. The van der Waals surface area contributed by atoms with E-state index in [2.05, 4.69) is 6.58 Å². The smallest absolute Gasteiger partial charge is 0.309 e. The van der Waals surface area contributed by atoms with Gasteiger partial charge in [-0.05, 0) is 60.0 Å². The molecule has 56 heavy (non-hydrogen) atoms. The quantitative estimate of drug-likeness (QED) is 0.140. The first-order valence-electron chi connectivity index (χ1n) is 19.8. The molecule has 3 aliphatic rings. The van der Waals surface area contributed by atoms with Gasteiger partial charge in [-0.1, -0.05) is 44.2 Å². The molecule has 3 heterocycles. The average molecular weight is 798 g/mol. The maximum Gasteiger partial charge on any atom is 0.309 e. The lowest BCUT2D eigenvalue weighted by molar-refractivity contribution is -0.345. The minimum Gasteiger partial charge on any atom is -0.462 e. The zero-order valence-corrected chi connectivity index (χ0v) is 34.6. The first-order valence-corrected chi connectivity index (χ1v) is 19.8. The lowest BCUT2D eigenvalue weighted by Crippen LogP contribution is -2.66. The summed E-state index contributed by atoms with van der Waals surface area (Å²) in [6, 6.07) is -0.733. The Labute approximate surface area is 332 Å². The Morgan fingerprint density at radius 2 is 1.79 bits per heavy atom. The van der Waals surface area contributed by atoms with Crippen molar-refractivity contribution >= 4 is 18.2 Å². The zero-order chi connectivity index (χ0) is 41.7. The Balaban J connectivity index is 2.02. The Bertz CT molecular complexity index is 1310. The van der Waals surface area contributed by atoms with Crippen LogP contribution >= 0.6 is 0 Å². The zero-order valence-electron chi connectivity index (χ0n) is 34.6. The molecule has 0 aromatic carbocycles. The van der Waals surface area contributed by atoms with E-state index in [1.54, 1.807) is 77.9 Å². The van der Waals surface area contributed by atoms with E-state index in [4.69, 9.17) is 37.9 Å². The third-order valence-electron chi connectivity index (χ3n) is 10.7. The number of aliphatic hydroxyl groups excluding tert-OH is 2. The number of allylic oxidation sites excluding steroid dienone is 2. The molecule has 3 rings (SSSR count). The van der Waals surface area contributed by atoms with E-state index in [-0.39, 0.29) is 44.6 Å². The molecule has 0 amide bonds. The Kier molecular flexibility index (Phi) is 19.2. The molecule has 0 aliphatic carbocycles. The van der Waals surface area contributed by atoms with Crippen LogP contribution in [0.4, 0.5) is 0 Å². The molecule has 0 spiro atoms. The summed E-state index contributed by atoms with van der Waals surface area (Å²) in [5, 5.41) is 34.5. The number of esters is 2. The Morgan fingerprint density at radius 3 is 2.39 bits per heavy atom. The van der Waals surface area contributed by atoms with Gasteiger partial charge in [-0.25, -0.2) is 0 Å². The fourth-order valence-corrected chi connectivity index (χ4v) is 7.86. The normalized spacial score (nSPS) is 41.7. The number of rotatable bonds is 13. The molecule has 0 saturated carbocycles. The van der Waals surface area contributed by atoms with Crippen LogP contribution < -0.4 is 0 Å². The summed E-state index contributed by atoms with van der Waals surface area (Å²) in [7, 11) is 4.93. The van der Waals surface area contributed by atoms with Crippen molar-refractivity contribution < 1.29 is 67.6 Å². The first-order chi connectivity index (χ1) is 26.5. The van der Waals surface area contributed by atoms with E-state index in [9.17, 15) is 29.7 Å². The maximum atomic E-state index is 13.3. The molecule has 0 aromatic heterocycles. The fourth-order valence-electron chi connectivity index (χ4n) is 7.86. The number of aliphatic hydroxyl groups is 3. The predicted octanol–water partition coefficient (Wildman–Crippen LogP) is 3.02. The molecule has 3 aliphatic heterocycles. The lowest BCUT2D eigenvalue weighted by atomic mass is 9.82. The van der Waals surface area contributed by atoms with Crippen molar-refractivity contribution in [1.82, 2.24) is 4.90 Å². The monoisotopic (exact) mass is 797 g/mol. The Hall–Kier alpha value is -2.57. The van der Waals surface area contributed by atoms with Crippen LogP contribution in [-0.2, 0) is 52.3 Å². The molecule has 2 fully saturated rings. The highest BCUT2D eigenvalue weighted by molar-refractivity contribution is 5.72. The van der Waals surface area contributed by atoms with Gasteiger partial charge >= 0.3 is 11.9 Å². The van der Waals surface area contributed by atoms with Gasteiger partial charge in [0.05, 0.1) is 49.1 Å². The van der Waals surface area contributed by atoms with Crippen LogP contribution in [-0.4, -0.2) is 152 Å². The number of nitrogens with zero attached hydrogens (tertiary/aromatic N) is 1. The summed E-state index contributed by atoms with van der Waals surface area (Å²) in [6.45, 7) is 14.3. The first kappa shape index (κ1) is 47.8. The maximum absolute atomic E-state index is 13.3. The average Bonchev–Trinajstić information content (AvgIpc) is 3.11. The minimum atomic E-state index is -1.36. The summed E-state index contributed by atoms with van der Waals surface area (Å²) in [4.78, 5) is 40.2. The second-order valence-electron chi connectivity index (χ2n) is 15.7. The molecule has 3 N–H and O–H groups in total. The van der Waals surface area contributed by atoms with Gasteiger partial charge in [0.2, 0.25) is 0 Å². The molecular weight excluding hydrogens is 730 g/mol. The van der Waals surface area contributed by atoms with Gasteiger partial charge in [0.1, 0.15) is 42.9 Å². The lowest BCUT2D eigenvalue weighted by Gasteiger charge is -2.50. The van der Waals surface area contributed by atoms with Crippen LogP contribution in [0.5, 0.6) is 0 Å². The van der Waals surface area contributed by atoms with Crippen LogP contribution in [0, 0.1) is 11.8 Å². The second-order valence-corrected chi connectivity index (χ2v) is 15.7. The Morgan fingerprint density at radius 1 is 1.07 bits per heavy atom. The van der Waals surface area contributed by atoms with Gasteiger partial charge < -0.3 is 62.9 Å². The molecular formula is C41H67NO14. The topological polar surface area (TPSA) is 189 Å². The van der Waals surface area contributed by atoms with Crippen molar-refractivity contribution in [2.24, 2.45) is 11.8 Å². The van der Waals surface area contributed by atoms with Crippen LogP contribution in [0.25, 0.3) is 0 Å². The van der Waals surface area contributed by atoms with Gasteiger partial charge in [-0.2, -0.15) is 0 Å². The molecule has 15 nitrogen and oxygen atoms in total. The van der Waals surface area contributed by atoms with E-state index >= 15 is 0 Å². The number of ether oxygens (including phenoxy) is 8. The third-order valence-corrected chi connectivity index (χ3v) is 10.7. The molecule has 320 valence electrons. The molecule has 0 bridgehead atoms. The second kappa shape index (κ2) is 22.5. The van der Waals surface area contributed by atoms with E-state index in [0.29, 0.717) is 6.42 Å². The highest BCUT2D eigenvalue weighted by Gasteiger charge is 2.52.